The molecule has 3 rings (SSSR count). The van der Waals surface area contributed by atoms with Gasteiger partial charge in [0.2, 0.25) is 0 Å². The molecule has 1 N–H and O–H groups in total. The molecule has 21 heavy (non-hydrogen) atoms. The first-order valence-electron chi connectivity index (χ1n) is 6.57. The summed E-state index contributed by atoms with van der Waals surface area (Å²) >= 11 is 0. The van der Waals surface area contributed by atoms with Crippen LogP contribution in [0.25, 0.3) is 11.1 Å². The Morgan fingerprint density at radius 1 is 1.19 bits per heavy atom. The number of rotatable bonds is 3. The van der Waals surface area contributed by atoms with Gasteiger partial charge in [0.15, 0.2) is 5.58 Å². The van der Waals surface area contributed by atoms with Gasteiger partial charge in [0.05, 0.1) is 5.52 Å². The third kappa shape index (κ3) is 2.58. The van der Waals surface area contributed by atoms with Gasteiger partial charge in [0.25, 0.3) is 5.91 Å². The van der Waals surface area contributed by atoms with Crippen molar-refractivity contribution in [2.75, 3.05) is 0 Å². The molecule has 5 nitrogen and oxygen atoms in total. The number of nitrogens with zero attached hydrogens (tertiary/aromatic N) is 1. The van der Waals surface area contributed by atoms with Gasteiger partial charge in [-0.3, -0.25) is 9.36 Å². The average molecular weight is 282 g/mol. The molecule has 0 aliphatic rings. The molecule has 0 aliphatic carbocycles. The van der Waals surface area contributed by atoms with Crippen molar-refractivity contribution in [2.24, 2.45) is 7.05 Å². The molecular weight excluding hydrogens is 268 g/mol. The van der Waals surface area contributed by atoms with E-state index >= 15 is 0 Å². The first kappa shape index (κ1) is 13.2. The molecule has 5 heteroatoms. The number of benzene rings is 2. The summed E-state index contributed by atoms with van der Waals surface area (Å²) in [5, 5.41) is 2.84. The lowest BCUT2D eigenvalue weighted by atomic mass is 10.2. The van der Waals surface area contributed by atoms with Crippen LogP contribution in [0, 0.1) is 0 Å². The van der Waals surface area contributed by atoms with E-state index in [0.29, 0.717) is 17.7 Å². The fourth-order valence-corrected chi connectivity index (χ4v) is 2.16. The second-order valence-electron chi connectivity index (χ2n) is 4.78. The van der Waals surface area contributed by atoms with Crippen molar-refractivity contribution in [2.45, 2.75) is 6.54 Å². The average Bonchev–Trinajstić information content (AvgIpc) is 2.80. The Kier molecular flexibility index (Phi) is 3.31. The molecule has 0 unspecified atom stereocenters. The second-order valence-corrected chi connectivity index (χ2v) is 4.78. The number of carbonyl (C=O) groups excluding carboxylic acids is 1. The van der Waals surface area contributed by atoms with Gasteiger partial charge in [-0.1, -0.05) is 24.3 Å². The van der Waals surface area contributed by atoms with Gasteiger partial charge in [-0.2, -0.15) is 0 Å². The number of hydrogen-bond acceptors (Lipinski definition) is 3. The molecule has 3 aromatic rings. The molecule has 1 heterocycles. The Balaban J connectivity index is 1.76. The van der Waals surface area contributed by atoms with Gasteiger partial charge >= 0.3 is 5.76 Å². The molecule has 0 bridgehead atoms. The number of nitrogens with one attached hydrogen (secondary N) is 1. The number of fused-ring (bicyclic) bond motifs is 1. The van der Waals surface area contributed by atoms with Crippen LogP contribution in [-0.2, 0) is 13.6 Å². The molecule has 0 aliphatic heterocycles. The van der Waals surface area contributed by atoms with E-state index < -0.39 is 5.76 Å². The van der Waals surface area contributed by atoms with Crippen molar-refractivity contribution in [1.82, 2.24) is 9.88 Å². The largest absolute Gasteiger partial charge is 0.419 e. The lowest BCUT2D eigenvalue weighted by Crippen LogP contribution is -2.22. The van der Waals surface area contributed by atoms with E-state index in [1.807, 2.05) is 30.3 Å². The van der Waals surface area contributed by atoms with Crippen molar-refractivity contribution in [3.8, 4) is 0 Å². The summed E-state index contributed by atoms with van der Waals surface area (Å²) in [6.45, 7) is 0.377. The lowest BCUT2D eigenvalue weighted by Gasteiger charge is -2.05. The van der Waals surface area contributed by atoms with Gasteiger partial charge in [0.1, 0.15) is 0 Å². The molecule has 0 saturated heterocycles. The number of carbonyl (C=O) groups is 1. The summed E-state index contributed by atoms with van der Waals surface area (Å²) in [4.78, 5) is 23.4. The van der Waals surface area contributed by atoms with Crippen LogP contribution < -0.4 is 11.1 Å². The van der Waals surface area contributed by atoms with E-state index in [1.54, 1.807) is 25.2 Å². The van der Waals surface area contributed by atoms with Gasteiger partial charge in [-0.05, 0) is 29.8 Å². The Morgan fingerprint density at radius 3 is 2.71 bits per heavy atom. The summed E-state index contributed by atoms with van der Waals surface area (Å²) < 4.78 is 6.57. The van der Waals surface area contributed by atoms with Crippen molar-refractivity contribution in [3.63, 3.8) is 0 Å². The van der Waals surface area contributed by atoms with Gasteiger partial charge in [-0.15, -0.1) is 0 Å². The molecule has 0 saturated carbocycles. The molecule has 0 radical (unpaired) electrons. The topological polar surface area (TPSA) is 64.2 Å². The summed E-state index contributed by atoms with van der Waals surface area (Å²) in [5.74, 6) is -0.527. The van der Waals surface area contributed by atoms with Crippen molar-refractivity contribution in [3.05, 3.63) is 70.2 Å². The number of amides is 1. The molecule has 106 valence electrons. The van der Waals surface area contributed by atoms with Crippen molar-refractivity contribution < 1.29 is 9.21 Å². The van der Waals surface area contributed by atoms with Crippen LogP contribution in [0.1, 0.15) is 15.9 Å². The van der Waals surface area contributed by atoms with Crippen LogP contribution >= 0.6 is 0 Å². The van der Waals surface area contributed by atoms with E-state index in [1.165, 1.54) is 4.57 Å². The maximum absolute atomic E-state index is 12.0. The molecule has 2 aromatic carbocycles. The summed E-state index contributed by atoms with van der Waals surface area (Å²) in [5.41, 5.74) is 2.75. The highest BCUT2D eigenvalue weighted by molar-refractivity contribution is 5.94. The molecule has 0 fully saturated rings. The second kappa shape index (κ2) is 5.28. The van der Waals surface area contributed by atoms with E-state index in [0.717, 1.165) is 11.1 Å². The summed E-state index contributed by atoms with van der Waals surface area (Å²) in [6, 6.07) is 14.5. The van der Waals surface area contributed by atoms with Crippen LogP contribution in [0.15, 0.2) is 57.7 Å². The molecule has 0 atom stereocenters. The standard InChI is InChI=1S/C16H14N2O3/c1-18-13-8-7-11(9-14(13)21-16(18)20)10-17-15(19)12-5-3-2-4-6-12/h2-9H,10H2,1H3,(H,17,19). The lowest BCUT2D eigenvalue weighted by molar-refractivity contribution is 0.0951. The zero-order valence-electron chi connectivity index (χ0n) is 11.5. The Bertz CT molecular complexity index is 847. The SMILES string of the molecule is Cn1c(=O)oc2cc(CNC(=O)c3ccccc3)ccc21. The number of oxazole rings is 1. The van der Waals surface area contributed by atoms with Crippen LogP contribution in [0.2, 0.25) is 0 Å². The molecule has 1 aromatic heterocycles. The van der Waals surface area contributed by atoms with E-state index in [-0.39, 0.29) is 5.91 Å². The normalized spacial score (nSPS) is 10.7. The monoisotopic (exact) mass is 282 g/mol. The minimum Gasteiger partial charge on any atom is -0.408 e. The minimum atomic E-state index is -0.393. The highest BCUT2D eigenvalue weighted by Gasteiger charge is 2.08. The highest BCUT2D eigenvalue weighted by atomic mass is 16.4. The number of aryl methyl sites for hydroxylation is 1. The van der Waals surface area contributed by atoms with Gasteiger partial charge < -0.3 is 9.73 Å². The zero-order chi connectivity index (χ0) is 14.8. The van der Waals surface area contributed by atoms with Crippen LogP contribution in [0.5, 0.6) is 0 Å². The highest BCUT2D eigenvalue weighted by Crippen LogP contribution is 2.14. The fraction of sp³-hybridized carbons (Fsp3) is 0.125. The van der Waals surface area contributed by atoms with E-state index in [4.69, 9.17) is 4.42 Å². The maximum Gasteiger partial charge on any atom is 0.419 e. The predicted molar refractivity (Wildman–Crippen MR) is 79.1 cm³/mol. The third-order valence-electron chi connectivity index (χ3n) is 3.35. The Morgan fingerprint density at radius 2 is 1.95 bits per heavy atom. The van der Waals surface area contributed by atoms with Gasteiger partial charge in [0, 0.05) is 19.2 Å². The van der Waals surface area contributed by atoms with Crippen molar-refractivity contribution in [1.29, 1.82) is 0 Å². The molecular formula is C16H14N2O3. The zero-order valence-corrected chi connectivity index (χ0v) is 11.5. The van der Waals surface area contributed by atoms with Crippen LogP contribution in [0.3, 0.4) is 0 Å². The fourth-order valence-electron chi connectivity index (χ4n) is 2.16. The summed E-state index contributed by atoms with van der Waals surface area (Å²) in [6.07, 6.45) is 0. The van der Waals surface area contributed by atoms with Crippen LogP contribution in [-0.4, -0.2) is 10.5 Å². The first-order valence-corrected chi connectivity index (χ1v) is 6.57. The smallest absolute Gasteiger partial charge is 0.408 e. The quantitative estimate of drug-likeness (QED) is 0.799. The molecule has 1 amide bonds. The van der Waals surface area contributed by atoms with E-state index in [2.05, 4.69) is 5.32 Å². The third-order valence-corrected chi connectivity index (χ3v) is 3.35. The summed E-state index contributed by atoms with van der Waals surface area (Å²) in [7, 11) is 1.66. The first-order chi connectivity index (χ1) is 10.1. The van der Waals surface area contributed by atoms with Crippen LogP contribution in [0.4, 0.5) is 0 Å². The minimum absolute atomic E-state index is 0.134. The Labute approximate surface area is 120 Å². The Hall–Kier alpha value is -2.82. The molecule has 0 spiro atoms. The maximum atomic E-state index is 12.0. The number of aromatic nitrogens is 1. The van der Waals surface area contributed by atoms with Crippen molar-refractivity contribution >= 4 is 17.0 Å². The number of hydrogen-bond donors (Lipinski definition) is 1. The van der Waals surface area contributed by atoms with Gasteiger partial charge in [-0.25, -0.2) is 4.79 Å². The van der Waals surface area contributed by atoms with E-state index in [9.17, 15) is 9.59 Å². The predicted octanol–water partition coefficient (Wildman–Crippen LogP) is 2.06.